The standard InChI is InChI=1S/C19H19N5O2/c25-15-5-8-23(9-6-15)14-3-4-17(21-10-14)24-11-13-12-26-19-16(18(13)22-24)2-1-7-20-19/h1-4,7,10-11,15,25H,5-6,8-9,12H2. The molecule has 1 N–H and O–H groups in total. The zero-order valence-corrected chi connectivity index (χ0v) is 14.2. The zero-order valence-electron chi connectivity index (χ0n) is 14.2. The maximum Gasteiger partial charge on any atom is 0.223 e. The highest BCUT2D eigenvalue weighted by atomic mass is 16.5. The Morgan fingerprint density at radius 2 is 2.00 bits per heavy atom. The van der Waals surface area contributed by atoms with E-state index in [0.29, 0.717) is 12.5 Å². The van der Waals surface area contributed by atoms with Gasteiger partial charge in [0.1, 0.15) is 12.3 Å². The largest absolute Gasteiger partial charge is 0.472 e. The fourth-order valence-corrected chi connectivity index (χ4v) is 3.52. The Balaban J connectivity index is 1.42. The molecule has 0 atom stereocenters. The van der Waals surface area contributed by atoms with Crippen LogP contribution in [0.15, 0.2) is 42.9 Å². The van der Waals surface area contributed by atoms with Gasteiger partial charge in [-0.1, -0.05) is 0 Å². The first kappa shape index (κ1) is 15.3. The third-order valence-electron chi connectivity index (χ3n) is 4.98. The van der Waals surface area contributed by atoms with Crippen LogP contribution < -0.4 is 9.64 Å². The Bertz CT molecular complexity index is 929. The van der Waals surface area contributed by atoms with Crippen LogP contribution in [0.2, 0.25) is 0 Å². The average molecular weight is 349 g/mol. The van der Waals surface area contributed by atoms with E-state index in [9.17, 15) is 5.11 Å². The predicted octanol–water partition coefficient (Wildman–Crippen LogP) is 2.18. The molecule has 0 amide bonds. The van der Waals surface area contributed by atoms with Gasteiger partial charge in [-0.3, -0.25) is 0 Å². The van der Waals surface area contributed by atoms with Gasteiger partial charge in [-0.05, 0) is 37.1 Å². The van der Waals surface area contributed by atoms with Gasteiger partial charge in [-0.2, -0.15) is 5.10 Å². The van der Waals surface area contributed by atoms with E-state index >= 15 is 0 Å². The first-order valence-electron chi connectivity index (χ1n) is 8.84. The lowest BCUT2D eigenvalue weighted by Gasteiger charge is -2.31. The molecule has 3 aromatic heterocycles. The summed E-state index contributed by atoms with van der Waals surface area (Å²) in [7, 11) is 0. The monoisotopic (exact) mass is 349 g/mol. The highest BCUT2D eigenvalue weighted by Crippen LogP contribution is 2.34. The molecule has 2 aliphatic rings. The molecule has 1 saturated heterocycles. The van der Waals surface area contributed by atoms with Crippen molar-refractivity contribution < 1.29 is 9.84 Å². The summed E-state index contributed by atoms with van der Waals surface area (Å²) in [6, 6.07) is 7.90. The molecule has 5 heterocycles. The molecule has 5 rings (SSSR count). The molecular formula is C19H19N5O2. The number of aliphatic hydroxyl groups is 1. The Morgan fingerprint density at radius 3 is 2.81 bits per heavy atom. The fraction of sp³-hybridized carbons (Fsp3) is 0.316. The summed E-state index contributed by atoms with van der Waals surface area (Å²) >= 11 is 0. The second kappa shape index (κ2) is 6.10. The first-order valence-corrected chi connectivity index (χ1v) is 8.84. The molecule has 132 valence electrons. The maximum absolute atomic E-state index is 9.65. The third-order valence-corrected chi connectivity index (χ3v) is 4.98. The molecule has 0 aromatic carbocycles. The van der Waals surface area contributed by atoms with Gasteiger partial charge < -0.3 is 14.7 Å². The lowest BCUT2D eigenvalue weighted by atomic mass is 10.1. The molecule has 0 saturated carbocycles. The van der Waals surface area contributed by atoms with Crippen LogP contribution in [0.5, 0.6) is 5.88 Å². The van der Waals surface area contributed by atoms with Crippen LogP contribution in [0.25, 0.3) is 17.1 Å². The number of hydrogen-bond acceptors (Lipinski definition) is 6. The van der Waals surface area contributed by atoms with E-state index in [2.05, 4.69) is 20.9 Å². The van der Waals surface area contributed by atoms with Gasteiger partial charge in [0.25, 0.3) is 0 Å². The van der Waals surface area contributed by atoms with Gasteiger partial charge in [0, 0.05) is 31.0 Å². The Kier molecular flexibility index (Phi) is 3.60. The Labute approximate surface area is 150 Å². The van der Waals surface area contributed by atoms with Crippen molar-refractivity contribution in [2.45, 2.75) is 25.6 Å². The third kappa shape index (κ3) is 2.61. The van der Waals surface area contributed by atoms with Gasteiger partial charge in [-0.25, -0.2) is 14.6 Å². The minimum Gasteiger partial charge on any atom is -0.472 e. The zero-order chi connectivity index (χ0) is 17.5. The number of rotatable bonds is 2. The van der Waals surface area contributed by atoms with Crippen molar-refractivity contribution in [1.29, 1.82) is 0 Å². The Hall–Kier alpha value is -2.93. The van der Waals surface area contributed by atoms with E-state index in [1.54, 1.807) is 10.9 Å². The number of hydrogen-bond donors (Lipinski definition) is 1. The van der Waals surface area contributed by atoms with Gasteiger partial charge in [-0.15, -0.1) is 0 Å². The van der Waals surface area contributed by atoms with Crippen LogP contribution in [0.3, 0.4) is 0 Å². The molecule has 2 aliphatic heterocycles. The van der Waals surface area contributed by atoms with E-state index in [1.807, 2.05) is 30.6 Å². The molecule has 7 heteroatoms. The van der Waals surface area contributed by atoms with Crippen LogP contribution >= 0.6 is 0 Å². The van der Waals surface area contributed by atoms with E-state index in [1.165, 1.54) is 0 Å². The van der Waals surface area contributed by atoms with E-state index in [4.69, 9.17) is 9.84 Å². The number of fused-ring (bicyclic) bond motifs is 3. The molecule has 0 radical (unpaired) electrons. The number of aliphatic hydroxyl groups excluding tert-OH is 1. The molecule has 7 nitrogen and oxygen atoms in total. The van der Waals surface area contributed by atoms with Crippen molar-refractivity contribution >= 4 is 5.69 Å². The van der Waals surface area contributed by atoms with Crippen LogP contribution in [0, 0.1) is 0 Å². The van der Waals surface area contributed by atoms with Crippen molar-refractivity contribution in [3.05, 3.63) is 48.4 Å². The molecular weight excluding hydrogens is 330 g/mol. The summed E-state index contributed by atoms with van der Waals surface area (Å²) in [6.45, 7) is 2.19. The van der Waals surface area contributed by atoms with Crippen LogP contribution in [-0.4, -0.2) is 44.0 Å². The molecule has 1 fully saturated rings. The van der Waals surface area contributed by atoms with Gasteiger partial charge in [0.2, 0.25) is 5.88 Å². The van der Waals surface area contributed by atoms with Crippen molar-refractivity contribution in [2.24, 2.45) is 0 Å². The van der Waals surface area contributed by atoms with Gasteiger partial charge in [0.05, 0.1) is 23.6 Å². The highest BCUT2D eigenvalue weighted by Gasteiger charge is 2.22. The minimum atomic E-state index is -0.173. The second-order valence-corrected chi connectivity index (χ2v) is 6.69. The van der Waals surface area contributed by atoms with Crippen molar-refractivity contribution in [1.82, 2.24) is 19.7 Å². The molecule has 0 aliphatic carbocycles. The number of anilines is 1. The molecule has 0 unspecified atom stereocenters. The van der Waals surface area contributed by atoms with Crippen molar-refractivity contribution in [3.63, 3.8) is 0 Å². The Morgan fingerprint density at radius 1 is 1.12 bits per heavy atom. The topological polar surface area (TPSA) is 76.3 Å². The van der Waals surface area contributed by atoms with E-state index in [-0.39, 0.29) is 6.10 Å². The summed E-state index contributed by atoms with van der Waals surface area (Å²) in [5.74, 6) is 1.39. The number of nitrogens with zero attached hydrogens (tertiary/aromatic N) is 5. The van der Waals surface area contributed by atoms with Gasteiger partial charge in [0.15, 0.2) is 5.82 Å². The second-order valence-electron chi connectivity index (χ2n) is 6.69. The molecule has 3 aromatic rings. The summed E-state index contributed by atoms with van der Waals surface area (Å²) < 4.78 is 7.49. The lowest BCUT2D eigenvalue weighted by molar-refractivity contribution is 0.145. The predicted molar refractivity (Wildman–Crippen MR) is 96.4 cm³/mol. The van der Waals surface area contributed by atoms with Crippen molar-refractivity contribution in [3.8, 4) is 23.0 Å². The van der Waals surface area contributed by atoms with Crippen LogP contribution in [0.1, 0.15) is 18.4 Å². The number of ether oxygens (including phenoxy) is 1. The summed E-state index contributed by atoms with van der Waals surface area (Å²) in [6.07, 6.45) is 7.00. The molecule has 0 spiro atoms. The highest BCUT2D eigenvalue weighted by molar-refractivity contribution is 5.69. The number of aromatic nitrogens is 4. The lowest BCUT2D eigenvalue weighted by Crippen LogP contribution is -2.35. The van der Waals surface area contributed by atoms with Crippen LogP contribution in [-0.2, 0) is 6.61 Å². The van der Waals surface area contributed by atoms with E-state index in [0.717, 1.165) is 54.3 Å². The summed E-state index contributed by atoms with van der Waals surface area (Å²) in [5, 5.41) is 14.3. The minimum absolute atomic E-state index is 0.173. The van der Waals surface area contributed by atoms with Crippen LogP contribution in [0.4, 0.5) is 5.69 Å². The summed E-state index contributed by atoms with van der Waals surface area (Å²) in [4.78, 5) is 11.1. The van der Waals surface area contributed by atoms with Gasteiger partial charge >= 0.3 is 0 Å². The SMILES string of the molecule is OC1CCN(c2ccc(-n3cc4c(n3)-c3cccnc3OC4)nc2)CC1. The fourth-order valence-electron chi connectivity index (χ4n) is 3.52. The smallest absolute Gasteiger partial charge is 0.223 e. The number of piperidine rings is 1. The molecule has 26 heavy (non-hydrogen) atoms. The first-order chi connectivity index (χ1) is 12.8. The quantitative estimate of drug-likeness (QED) is 0.764. The normalized spacial score (nSPS) is 16.7. The number of pyridine rings is 2. The summed E-state index contributed by atoms with van der Waals surface area (Å²) in [5.41, 5.74) is 3.92. The molecule has 0 bridgehead atoms. The van der Waals surface area contributed by atoms with E-state index < -0.39 is 0 Å². The maximum atomic E-state index is 9.65. The average Bonchev–Trinajstić information content (AvgIpc) is 3.14. The van der Waals surface area contributed by atoms with Crippen molar-refractivity contribution in [2.75, 3.05) is 18.0 Å².